The van der Waals surface area contributed by atoms with E-state index in [9.17, 15) is 24.3 Å². The van der Waals surface area contributed by atoms with Crippen LogP contribution in [0.1, 0.15) is 76.6 Å². The fraction of sp³-hybridized carbons (Fsp3) is 0.333. The standard InChI is InChI=1S/C42H43N3O8/c1-44(39(48)9-5-6-21-51-32-15-17-33-29(23-32)25-45(42(33)50)36-18-19-38(47)43-41(36)49)20-22-52-31-13-10-28(11-14-31)40-34-16-12-30(46)24-37(34)53-26-35(40)27-7-3-2-4-8-27/h2-4,7-8,10-17,23-24,35-36,40,46H,5-6,9,18-22,25-26H2,1H3,(H,43,47,49)/t35-,36?,40-/m0/s1. The van der Waals surface area contributed by atoms with E-state index in [0.29, 0.717) is 75.7 Å². The molecule has 4 aromatic carbocycles. The number of ether oxygens (including phenoxy) is 3. The summed E-state index contributed by atoms with van der Waals surface area (Å²) in [6.45, 7) is 2.03. The Morgan fingerprint density at radius 1 is 0.906 bits per heavy atom. The van der Waals surface area contributed by atoms with Gasteiger partial charge in [-0.1, -0.05) is 48.5 Å². The first-order valence-corrected chi connectivity index (χ1v) is 18.1. The normalized spacial score (nSPS) is 19.2. The molecule has 3 aliphatic heterocycles. The lowest BCUT2D eigenvalue weighted by molar-refractivity contribution is -0.137. The Kier molecular flexibility index (Phi) is 10.6. The molecule has 1 unspecified atom stereocenters. The van der Waals surface area contributed by atoms with Gasteiger partial charge in [-0.2, -0.15) is 0 Å². The number of imide groups is 1. The molecule has 11 heteroatoms. The summed E-state index contributed by atoms with van der Waals surface area (Å²) < 4.78 is 18.0. The fourth-order valence-corrected chi connectivity index (χ4v) is 7.39. The number of aromatic hydroxyl groups is 1. The van der Waals surface area contributed by atoms with Crippen LogP contribution in [0, 0.1) is 0 Å². The zero-order chi connectivity index (χ0) is 36.9. The van der Waals surface area contributed by atoms with E-state index < -0.39 is 11.9 Å². The van der Waals surface area contributed by atoms with Crippen LogP contribution in [-0.2, 0) is 20.9 Å². The molecule has 0 spiro atoms. The van der Waals surface area contributed by atoms with Gasteiger partial charge in [0.2, 0.25) is 17.7 Å². The van der Waals surface area contributed by atoms with Gasteiger partial charge in [0, 0.05) is 55.5 Å². The van der Waals surface area contributed by atoms with Gasteiger partial charge in [-0.05, 0) is 72.4 Å². The Balaban J connectivity index is 0.841. The third kappa shape index (κ3) is 7.99. The number of rotatable bonds is 13. The molecule has 0 saturated carbocycles. The molecule has 11 nitrogen and oxygen atoms in total. The minimum Gasteiger partial charge on any atom is -0.508 e. The Morgan fingerprint density at radius 3 is 2.47 bits per heavy atom. The van der Waals surface area contributed by atoms with Crippen LogP contribution >= 0.6 is 0 Å². The van der Waals surface area contributed by atoms with E-state index in [2.05, 4.69) is 29.6 Å². The predicted octanol–water partition coefficient (Wildman–Crippen LogP) is 5.55. The molecular weight excluding hydrogens is 674 g/mol. The van der Waals surface area contributed by atoms with Crippen molar-refractivity contribution >= 4 is 23.6 Å². The maximum atomic E-state index is 12.9. The highest BCUT2D eigenvalue weighted by Gasteiger charge is 2.39. The molecule has 3 atom stereocenters. The van der Waals surface area contributed by atoms with Gasteiger partial charge in [0.25, 0.3) is 5.91 Å². The van der Waals surface area contributed by atoms with Gasteiger partial charge in [0.15, 0.2) is 0 Å². The molecule has 4 amide bonds. The van der Waals surface area contributed by atoms with Crippen molar-refractivity contribution < 1.29 is 38.5 Å². The number of phenols is 1. The van der Waals surface area contributed by atoms with Crippen LogP contribution in [0.3, 0.4) is 0 Å². The molecule has 1 saturated heterocycles. The van der Waals surface area contributed by atoms with Gasteiger partial charge in [-0.3, -0.25) is 24.5 Å². The zero-order valence-electron chi connectivity index (χ0n) is 29.7. The van der Waals surface area contributed by atoms with Crippen molar-refractivity contribution in [1.29, 1.82) is 0 Å². The number of hydrogen-bond donors (Lipinski definition) is 2. The molecule has 4 aromatic rings. The molecule has 2 N–H and O–H groups in total. The number of amides is 4. The molecule has 7 rings (SSSR count). The molecule has 0 bridgehead atoms. The highest BCUT2D eigenvalue weighted by molar-refractivity contribution is 6.05. The van der Waals surface area contributed by atoms with Gasteiger partial charge in [0.1, 0.15) is 35.6 Å². The Hall–Kier alpha value is -5.84. The number of carbonyl (C=O) groups excluding carboxylic acids is 4. The topological polar surface area (TPSA) is 135 Å². The second kappa shape index (κ2) is 15.8. The van der Waals surface area contributed by atoms with E-state index in [1.165, 1.54) is 10.5 Å². The summed E-state index contributed by atoms with van der Waals surface area (Å²) >= 11 is 0. The second-order valence-corrected chi connectivity index (χ2v) is 13.8. The first kappa shape index (κ1) is 35.6. The van der Waals surface area contributed by atoms with E-state index in [0.717, 1.165) is 22.4 Å². The summed E-state index contributed by atoms with van der Waals surface area (Å²) in [5.41, 5.74) is 4.68. The molecule has 1 fully saturated rings. The number of hydrogen-bond acceptors (Lipinski definition) is 8. The average molecular weight is 718 g/mol. The number of piperidine rings is 1. The Labute approximate surface area is 308 Å². The summed E-state index contributed by atoms with van der Waals surface area (Å²) in [5.74, 6) is 1.44. The van der Waals surface area contributed by atoms with Crippen LogP contribution in [0.5, 0.6) is 23.0 Å². The van der Waals surface area contributed by atoms with E-state index in [4.69, 9.17) is 14.2 Å². The van der Waals surface area contributed by atoms with E-state index in [1.54, 1.807) is 36.2 Å². The average Bonchev–Trinajstić information content (AvgIpc) is 3.49. The number of benzene rings is 4. The SMILES string of the molecule is CN(CCOc1ccc([C@H]2c3ccc(O)cc3OC[C@H]2c2ccccc2)cc1)C(=O)CCCCOc1ccc2c(c1)CN(C1CCC(=O)NC1=O)C2=O. The lowest BCUT2D eigenvalue weighted by Crippen LogP contribution is -2.52. The molecule has 0 radical (unpaired) electrons. The molecular formula is C42H43N3O8. The largest absolute Gasteiger partial charge is 0.508 e. The van der Waals surface area contributed by atoms with Crippen LogP contribution in [0.15, 0.2) is 91.0 Å². The smallest absolute Gasteiger partial charge is 0.255 e. The van der Waals surface area contributed by atoms with Crippen molar-refractivity contribution in [1.82, 2.24) is 15.1 Å². The van der Waals surface area contributed by atoms with E-state index in [1.807, 2.05) is 42.5 Å². The molecule has 3 aliphatic rings. The maximum Gasteiger partial charge on any atom is 0.255 e. The van der Waals surface area contributed by atoms with E-state index >= 15 is 0 Å². The summed E-state index contributed by atoms with van der Waals surface area (Å²) in [5, 5.41) is 12.4. The number of unbranched alkanes of at least 4 members (excludes halogenated alkanes) is 1. The molecule has 0 aromatic heterocycles. The van der Waals surface area contributed by atoms with Crippen molar-refractivity contribution in [3.8, 4) is 23.0 Å². The fourth-order valence-electron chi connectivity index (χ4n) is 7.39. The number of nitrogens with zero attached hydrogens (tertiary/aromatic N) is 2. The summed E-state index contributed by atoms with van der Waals surface area (Å²) in [4.78, 5) is 52.7. The zero-order valence-corrected chi connectivity index (χ0v) is 29.7. The summed E-state index contributed by atoms with van der Waals surface area (Å²) in [6.07, 6.45) is 2.27. The first-order chi connectivity index (χ1) is 25.7. The van der Waals surface area contributed by atoms with Crippen LogP contribution in [0.25, 0.3) is 0 Å². The number of fused-ring (bicyclic) bond motifs is 2. The van der Waals surface area contributed by atoms with Crippen molar-refractivity contribution in [2.45, 2.75) is 56.5 Å². The highest BCUT2D eigenvalue weighted by atomic mass is 16.5. The van der Waals surface area contributed by atoms with Gasteiger partial charge < -0.3 is 29.1 Å². The monoisotopic (exact) mass is 717 g/mol. The number of carbonyl (C=O) groups is 4. The highest BCUT2D eigenvalue weighted by Crippen LogP contribution is 2.47. The number of nitrogens with one attached hydrogen (secondary N) is 1. The second-order valence-electron chi connectivity index (χ2n) is 13.8. The first-order valence-electron chi connectivity index (χ1n) is 18.1. The molecule has 53 heavy (non-hydrogen) atoms. The van der Waals surface area contributed by atoms with Crippen LogP contribution in [0.4, 0.5) is 0 Å². The van der Waals surface area contributed by atoms with Gasteiger partial charge >= 0.3 is 0 Å². The minimum atomic E-state index is -0.654. The van der Waals surface area contributed by atoms with Gasteiger partial charge in [0.05, 0.1) is 19.8 Å². The third-order valence-electron chi connectivity index (χ3n) is 10.3. The quantitative estimate of drug-likeness (QED) is 0.136. The van der Waals surface area contributed by atoms with Crippen molar-refractivity contribution in [2.24, 2.45) is 0 Å². The molecule has 0 aliphatic carbocycles. The van der Waals surface area contributed by atoms with Crippen LogP contribution in [0.2, 0.25) is 0 Å². The lowest BCUT2D eigenvalue weighted by Gasteiger charge is -2.34. The van der Waals surface area contributed by atoms with Crippen molar-refractivity contribution in [3.63, 3.8) is 0 Å². The number of phenolic OH excluding ortho intramolecular Hbond substituents is 1. The summed E-state index contributed by atoms with van der Waals surface area (Å²) in [7, 11) is 1.78. The molecule has 274 valence electrons. The lowest BCUT2D eigenvalue weighted by atomic mass is 9.76. The summed E-state index contributed by atoms with van der Waals surface area (Å²) in [6, 6.07) is 28.3. The Morgan fingerprint density at radius 2 is 1.68 bits per heavy atom. The van der Waals surface area contributed by atoms with Gasteiger partial charge in [-0.15, -0.1) is 0 Å². The Bertz CT molecular complexity index is 1980. The minimum absolute atomic E-state index is 0.0321. The van der Waals surface area contributed by atoms with Crippen molar-refractivity contribution in [2.75, 3.05) is 33.4 Å². The van der Waals surface area contributed by atoms with Crippen LogP contribution < -0.4 is 19.5 Å². The van der Waals surface area contributed by atoms with E-state index in [-0.39, 0.29) is 41.7 Å². The number of likely N-dealkylation sites (N-methyl/N-ethyl adjacent to an activating group) is 1. The van der Waals surface area contributed by atoms with Gasteiger partial charge in [-0.25, -0.2) is 0 Å². The molecule has 3 heterocycles. The van der Waals surface area contributed by atoms with Crippen molar-refractivity contribution in [3.05, 3.63) is 119 Å². The predicted molar refractivity (Wildman–Crippen MR) is 196 cm³/mol. The maximum absolute atomic E-state index is 12.9. The van der Waals surface area contributed by atoms with Crippen LogP contribution in [-0.4, -0.2) is 78.0 Å². The third-order valence-corrected chi connectivity index (χ3v) is 10.3.